The third kappa shape index (κ3) is 1.65. The molecule has 2 saturated heterocycles. The summed E-state index contributed by atoms with van der Waals surface area (Å²) < 4.78 is 15.7. The van der Waals surface area contributed by atoms with Crippen molar-refractivity contribution in [2.24, 2.45) is 5.73 Å². The van der Waals surface area contributed by atoms with Crippen LogP contribution in [0.4, 0.5) is 0 Å². The van der Waals surface area contributed by atoms with Crippen LogP contribution in [0.15, 0.2) is 0 Å². The summed E-state index contributed by atoms with van der Waals surface area (Å²) in [7, 11) is 0. The first-order valence-corrected chi connectivity index (χ1v) is 4.64. The van der Waals surface area contributed by atoms with Crippen molar-refractivity contribution in [1.82, 2.24) is 0 Å². The van der Waals surface area contributed by atoms with Crippen LogP contribution in [0.2, 0.25) is 0 Å². The van der Waals surface area contributed by atoms with E-state index in [0.29, 0.717) is 6.61 Å². The molecule has 0 radical (unpaired) electrons. The highest BCUT2D eigenvalue weighted by molar-refractivity contribution is 4.92. The standard InChI is InChI=1S/C8H15NO5/c1-3-12-2-4-7(13-3)5(10)6(11)8(9)14-4/h3-8,10-11H,2,9H2,1H3/t3-,4-,5-,6-,7-,8-/m1/s1. The van der Waals surface area contributed by atoms with Gasteiger partial charge in [-0.1, -0.05) is 0 Å². The Hall–Kier alpha value is -0.240. The van der Waals surface area contributed by atoms with Crippen LogP contribution in [0.1, 0.15) is 6.92 Å². The van der Waals surface area contributed by atoms with E-state index in [0.717, 1.165) is 0 Å². The summed E-state index contributed by atoms with van der Waals surface area (Å²) in [5, 5.41) is 19.1. The van der Waals surface area contributed by atoms with Crippen molar-refractivity contribution in [3.8, 4) is 0 Å². The topological polar surface area (TPSA) is 94.2 Å². The molecule has 4 N–H and O–H groups in total. The SMILES string of the molecule is C[C@@H]1OC[C@H]2O[C@@H](N)[C@H](O)[C@@H](O)[C@@H]2O1. The molecule has 0 aromatic carbocycles. The average Bonchev–Trinajstić information content (AvgIpc) is 2.16. The number of fused-ring (bicyclic) bond motifs is 1. The largest absolute Gasteiger partial charge is 0.387 e. The van der Waals surface area contributed by atoms with Crippen LogP contribution < -0.4 is 5.73 Å². The van der Waals surface area contributed by atoms with Gasteiger partial charge in [-0.15, -0.1) is 0 Å². The molecule has 2 aliphatic heterocycles. The number of hydrogen-bond acceptors (Lipinski definition) is 6. The van der Waals surface area contributed by atoms with Crippen LogP contribution in [0, 0.1) is 0 Å². The number of ether oxygens (including phenoxy) is 3. The molecule has 2 rings (SSSR count). The molecule has 0 bridgehead atoms. The van der Waals surface area contributed by atoms with E-state index in [2.05, 4.69) is 0 Å². The Morgan fingerprint density at radius 3 is 2.64 bits per heavy atom. The van der Waals surface area contributed by atoms with Gasteiger partial charge >= 0.3 is 0 Å². The van der Waals surface area contributed by atoms with Crippen molar-refractivity contribution in [3.63, 3.8) is 0 Å². The molecule has 0 saturated carbocycles. The zero-order chi connectivity index (χ0) is 10.3. The third-order valence-electron chi connectivity index (χ3n) is 2.57. The lowest BCUT2D eigenvalue weighted by molar-refractivity contribution is -0.319. The minimum absolute atomic E-state index is 0.323. The van der Waals surface area contributed by atoms with Crippen LogP contribution in [0.5, 0.6) is 0 Å². The number of rotatable bonds is 0. The Bertz CT molecular complexity index is 212. The Kier molecular flexibility index (Phi) is 2.74. The van der Waals surface area contributed by atoms with Gasteiger partial charge in [-0.25, -0.2) is 0 Å². The van der Waals surface area contributed by atoms with Gasteiger partial charge in [0.2, 0.25) is 0 Å². The molecule has 0 unspecified atom stereocenters. The van der Waals surface area contributed by atoms with E-state index in [1.165, 1.54) is 0 Å². The van der Waals surface area contributed by atoms with Crippen LogP contribution in [0.3, 0.4) is 0 Å². The summed E-state index contributed by atoms with van der Waals surface area (Å²) in [5.41, 5.74) is 5.47. The van der Waals surface area contributed by atoms with Crippen LogP contribution in [-0.2, 0) is 14.2 Å². The summed E-state index contributed by atoms with van der Waals surface area (Å²) in [5.74, 6) is 0. The van der Waals surface area contributed by atoms with Gasteiger partial charge in [0.15, 0.2) is 6.29 Å². The molecule has 2 heterocycles. The van der Waals surface area contributed by atoms with Gasteiger partial charge in [0.1, 0.15) is 30.6 Å². The Labute approximate surface area is 81.6 Å². The van der Waals surface area contributed by atoms with Crippen LogP contribution in [0.25, 0.3) is 0 Å². The zero-order valence-corrected chi connectivity index (χ0v) is 7.87. The molecule has 2 fully saturated rings. The van der Waals surface area contributed by atoms with Crippen molar-refractivity contribution in [1.29, 1.82) is 0 Å². The van der Waals surface area contributed by atoms with E-state index >= 15 is 0 Å². The maximum atomic E-state index is 9.67. The summed E-state index contributed by atoms with van der Waals surface area (Å²) >= 11 is 0. The normalized spacial score (nSPS) is 54.0. The van der Waals surface area contributed by atoms with Crippen molar-refractivity contribution >= 4 is 0 Å². The molecular weight excluding hydrogens is 190 g/mol. The Balaban J connectivity index is 2.08. The first-order chi connectivity index (χ1) is 6.59. The minimum Gasteiger partial charge on any atom is -0.387 e. The third-order valence-corrected chi connectivity index (χ3v) is 2.57. The molecule has 82 valence electrons. The monoisotopic (exact) mass is 205 g/mol. The van der Waals surface area contributed by atoms with E-state index in [1.807, 2.05) is 0 Å². The second kappa shape index (κ2) is 3.73. The fourth-order valence-electron chi connectivity index (χ4n) is 1.76. The fraction of sp³-hybridized carbons (Fsp3) is 1.00. The Morgan fingerprint density at radius 2 is 1.93 bits per heavy atom. The van der Waals surface area contributed by atoms with Crippen molar-refractivity contribution < 1.29 is 24.4 Å². The Morgan fingerprint density at radius 1 is 1.21 bits per heavy atom. The van der Waals surface area contributed by atoms with Crippen molar-refractivity contribution in [2.75, 3.05) is 6.61 Å². The van der Waals surface area contributed by atoms with Gasteiger partial charge in [-0.2, -0.15) is 0 Å². The second-order valence-electron chi connectivity index (χ2n) is 3.62. The highest BCUT2D eigenvalue weighted by atomic mass is 16.7. The summed E-state index contributed by atoms with van der Waals surface area (Å²) in [6, 6.07) is 0. The molecule has 6 nitrogen and oxygen atoms in total. The van der Waals surface area contributed by atoms with Crippen molar-refractivity contribution in [3.05, 3.63) is 0 Å². The summed E-state index contributed by atoms with van der Waals surface area (Å²) in [6.45, 7) is 2.05. The predicted octanol–water partition coefficient (Wildman–Crippen LogP) is -1.85. The maximum absolute atomic E-state index is 9.67. The lowest BCUT2D eigenvalue weighted by Gasteiger charge is -2.44. The molecule has 14 heavy (non-hydrogen) atoms. The van der Waals surface area contributed by atoms with Gasteiger partial charge in [0.25, 0.3) is 0 Å². The van der Waals surface area contributed by atoms with Crippen molar-refractivity contribution in [2.45, 2.75) is 43.9 Å². The molecule has 6 heteroatoms. The smallest absolute Gasteiger partial charge is 0.155 e. The first-order valence-electron chi connectivity index (χ1n) is 4.64. The minimum atomic E-state index is -1.11. The molecule has 0 aliphatic carbocycles. The first kappa shape index (κ1) is 10.3. The lowest BCUT2D eigenvalue weighted by Crippen LogP contribution is -2.64. The second-order valence-corrected chi connectivity index (χ2v) is 3.62. The molecular formula is C8H15NO5. The number of hydrogen-bond donors (Lipinski definition) is 3. The van der Waals surface area contributed by atoms with E-state index in [4.69, 9.17) is 19.9 Å². The van der Waals surface area contributed by atoms with Gasteiger partial charge in [0, 0.05) is 0 Å². The highest BCUT2D eigenvalue weighted by Crippen LogP contribution is 2.26. The maximum Gasteiger partial charge on any atom is 0.155 e. The summed E-state index contributed by atoms with van der Waals surface area (Å²) in [6.07, 6.45) is -4.37. The van der Waals surface area contributed by atoms with Crippen LogP contribution in [-0.4, -0.2) is 53.8 Å². The van der Waals surface area contributed by atoms with Gasteiger partial charge in [0.05, 0.1) is 6.61 Å². The predicted molar refractivity (Wildman–Crippen MR) is 45.1 cm³/mol. The van der Waals surface area contributed by atoms with Gasteiger partial charge in [-0.05, 0) is 6.92 Å². The molecule has 0 amide bonds. The number of nitrogens with two attached hydrogens (primary N) is 1. The number of aliphatic hydroxyl groups excluding tert-OH is 2. The summed E-state index contributed by atoms with van der Waals surface area (Å²) in [4.78, 5) is 0. The van der Waals surface area contributed by atoms with Crippen LogP contribution >= 0.6 is 0 Å². The molecule has 0 aromatic rings. The average molecular weight is 205 g/mol. The molecule has 0 aromatic heterocycles. The lowest BCUT2D eigenvalue weighted by atomic mass is 9.98. The molecule has 0 spiro atoms. The van der Waals surface area contributed by atoms with E-state index < -0.39 is 36.9 Å². The number of aliphatic hydroxyl groups is 2. The zero-order valence-electron chi connectivity index (χ0n) is 7.87. The van der Waals surface area contributed by atoms with Gasteiger partial charge < -0.3 is 30.2 Å². The fourth-order valence-corrected chi connectivity index (χ4v) is 1.76. The molecule has 6 atom stereocenters. The van der Waals surface area contributed by atoms with Gasteiger partial charge in [-0.3, -0.25) is 0 Å². The van der Waals surface area contributed by atoms with E-state index in [-0.39, 0.29) is 0 Å². The quantitative estimate of drug-likeness (QED) is 0.430. The van der Waals surface area contributed by atoms with E-state index in [9.17, 15) is 10.2 Å². The van der Waals surface area contributed by atoms with E-state index in [1.54, 1.807) is 6.92 Å². The highest BCUT2D eigenvalue weighted by Gasteiger charge is 2.46. The molecule has 2 aliphatic rings.